The Kier molecular flexibility index (Phi) is 3.06. The molecule has 1 N–H and O–H groups in total. The highest BCUT2D eigenvalue weighted by atomic mass is 14.9. The number of nitrogens with one attached hydrogen (secondary N) is 1. The van der Waals surface area contributed by atoms with Gasteiger partial charge >= 0.3 is 0 Å². The molecule has 0 saturated carbocycles. The van der Waals surface area contributed by atoms with Gasteiger partial charge in [0.2, 0.25) is 0 Å². The molecule has 15 heavy (non-hydrogen) atoms. The van der Waals surface area contributed by atoms with E-state index in [0.29, 0.717) is 11.8 Å². The molecule has 2 rings (SSSR count). The molecular formula is C13H20N2. The van der Waals surface area contributed by atoms with Crippen LogP contribution in [0.25, 0.3) is 0 Å². The number of pyridine rings is 1. The van der Waals surface area contributed by atoms with E-state index in [-0.39, 0.29) is 0 Å². The van der Waals surface area contributed by atoms with Crippen molar-refractivity contribution in [2.75, 3.05) is 13.1 Å². The number of aromatic nitrogens is 1. The summed E-state index contributed by atoms with van der Waals surface area (Å²) in [6.07, 6.45) is 1.12. The van der Waals surface area contributed by atoms with Gasteiger partial charge in [-0.25, -0.2) is 0 Å². The highest BCUT2D eigenvalue weighted by Gasteiger charge is 2.16. The molecule has 0 aliphatic carbocycles. The minimum Gasteiger partial charge on any atom is -0.316 e. The Morgan fingerprint density at radius 1 is 1.40 bits per heavy atom. The third-order valence-electron chi connectivity index (χ3n) is 3.11. The predicted molar refractivity (Wildman–Crippen MR) is 63.3 cm³/mol. The van der Waals surface area contributed by atoms with Crippen LogP contribution < -0.4 is 5.32 Å². The van der Waals surface area contributed by atoms with E-state index in [9.17, 15) is 0 Å². The van der Waals surface area contributed by atoms with Gasteiger partial charge in [0.25, 0.3) is 0 Å². The molecule has 0 radical (unpaired) electrons. The summed E-state index contributed by atoms with van der Waals surface area (Å²) in [5.74, 6) is 1.07. The van der Waals surface area contributed by atoms with Crippen LogP contribution in [-0.2, 0) is 6.42 Å². The number of nitrogens with zero attached hydrogens (tertiary/aromatic N) is 1. The molecule has 2 nitrogen and oxygen atoms in total. The van der Waals surface area contributed by atoms with Crippen molar-refractivity contribution >= 4 is 0 Å². The Balaban J connectivity index is 2.39. The van der Waals surface area contributed by atoms with Crippen molar-refractivity contribution in [3.8, 4) is 0 Å². The second kappa shape index (κ2) is 4.31. The molecule has 1 aromatic rings. The van der Waals surface area contributed by atoms with Crippen LogP contribution in [0.1, 0.15) is 49.6 Å². The number of hydrogen-bond donors (Lipinski definition) is 1. The minimum absolute atomic E-state index is 0.527. The number of fused-ring (bicyclic) bond motifs is 1. The first kappa shape index (κ1) is 10.6. The van der Waals surface area contributed by atoms with Gasteiger partial charge < -0.3 is 5.32 Å². The van der Waals surface area contributed by atoms with Crippen LogP contribution in [0, 0.1) is 0 Å². The van der Waals surface area contributed by atoms with Gasteiger partial charge in [-0.1, -0.05) is 26.8 Å². The third kappa shape index (κ3) is 2.20. The lowest BCUT2D eigenvalue weighted by molar-refractivity contribution is 0.632. The lowest BCUT2D eigenvalue weighted by atomic mass is 9.99. The molecule has 0 spiro atoms. The summed E-state index contributed by atoms with van der Waals surface area (Å²) >= 11 is 0. The number of hydrogen-bond acceptors (Lipinski definition) is 2. The average Bonchev–Trinajstić information content (AvgIpc) is 2.40. The molecule has 1 aliphatic heterocycles. The van der Waals surface area contributed by atoms with Gasteiger partial charge in [-0.05, 0) is 30.5 Å². The van der Waals surface area contributed by atoms with Gasteiger partial charge in [0.05, 0.1) is 0 Å². The van der Waals surface area contributed by atoms with E-state index in [1.54, 1.807) is 0 Å². The van der Waals surface area contributed by atoms with Gasteiger partial charge in [-0.2, -0.15) is 0 Å². The maximum atomic E-state index is 4.81. The van der Waals surface area contributed by atoms with E-state index in [1.807, 2.05) is 0 Å². The molecule has 2 heteroatoms. The molecule has 0 amide bonds. The fourth-order valence-electron chi connectivity index (χ4n) is 2.12. The summed E-state index contributed by atoms with van der Waals surface area (Å²) in [6, 6.07) is 4.45. The minimum atomic E-state index is 0.527. The summed E-state index contributed by atoms with van der Waals surface area (Å²) in [5, 5.41) is 3.45. The Hall–Kier alpha value is -0.890. The summed E-state index contributed by atoms with van der Waals surface area (Å²) < 4.78 is 0. The largest absolute Gasteiger partial charge is 0.316 e. The van der Waals surface area contributed by atoms with Crippen LogP contribution in [0.15, 0.2) is 12.1 Å². The van der Waals surface area contributed by atoms with Crippen LogP contribution in [0.3, 0.4) is 0 Å². The highest BCUT2D eigenvalue weighted by molar-refractivity contribution is 5.28. The van der Waals surface area contributed by atoms with Crippen molar-refractivity contribution in [3.05, 3.63) is 29.1 Å². The standard InChI is InChI=1S/C13H20N2/c1-9(2)12-5-4-11-6-7-14-8-10(3)13(11)15-12/h4-5,9-10,14H,6-8H2,1-3H3. The summed E-state index contributed by atoms with van der Waals surface area (Å²) in [4.78, 5) is 4.81. The second-order valence-electron chi connectivity index (χ2n) is 4.79. The molecule has 0 bridgehead atoms. The van der Waals surface area contributed by atoms with Gasteiger partial charge in [-0.15, -0.1) is 0 Å². The summed E-state index contributed by atoms with van der Waals surface area (Å²) in [6.45, 7) is 8.80. The molecule has 0 aromatic carbocycles. The van der Waals surface area contributed by atoms with Crippen molar-refractivity contribution in [2.45, 2.75) is 39.0 Å². The van der Waals surface area contributed by atoms with E-state index < -0.39 is 0 Å². The van der Waals surface area contributed by atoms with Gasteiger partial charge in [-0.3, -0.25) is 4.98 Å². The van der Waals surface area contributed by atoms with Crippen LogP contribution in [0.5, 0.6) is 0 Å². The molecular weight excluding hydrogens is 184 g/mol. The molecule has 0 saturated heterocycles. The van der Waals surface area contributed by atoms with Crippen molar-refractivity contribution in [1.29, 1.82) is 0 Å². The second-order valence-corrected chi connectivity index (χ2v) is 4.79. The number of rotatable bonds is 1. The fraction of sp³-hybridized carbons (Fsp3) is 0.615. The Morgan fingerprint density at radius 3 is 2.93 bits per heavy atom. The van der Waals surface area contributed by atoms with E-state index in [4.69, 9.17) is 4.98 Å². The zero-order chi connectivity index (χ0) is 10.8. The maximum Gasteiger partial charge on any atom is 0.0480 e. The van der Waals surface area contributed by atoms with Crippen molar-refractivity contribution in [2.24, 2.45) is 0 Å². The third-order valence-corrected chi connectivity index (χ3v) is 3.11. The molecule has 2 heterocycles. The smallest absolute Gasteiger partial charge is 0.0480 e. The van der Waals surface area contributed by atoms with Crippen LogP contribution in [0.4, 0.5) is 0 Å². The first-order valence-electron chi connectivity index (χ1n) is 5.89. The lowest BCUT2D eigenvalue weighted by Gasteiger charge is -2.14. The monoisotopic (exact) mass is 204 g/mol. The average molecular weight is 204 g/mol. The highest BCUT2D eigenvalue weighted by Crippen LogP contribution is 2.23. The van der Waals surface area contributed by atoms with Crippen LogP contribution in [0.2, 0.25) is 0 Å². The zero-order valence-electron chi connectivity index (χ0n) is 9.88. The van der Waals surface area contributed by atoms with E-state index in [2.05, 4.69) is 38.2 Å². The quantitative estimate of drug-likeness (QED) is 0.760. The van der Waals surface area contributed by atoms with E-state index in [1.165, 1.54) is 17.0 Å². The van der Waals surface area contributed by atoms with Crippen LogP contribution in [-0.4, -0.2) is 18.1 Å². The molecule has 1 unspecified atom stereocenters. The Morgan fingerprint density at radius 2 is 2.20 bits per heavy atom. The van der Waals surface area contributed by atoms with Crippen molar-refractivity contribution in [3.63, 3.8) is 0 Å². The molecule has 1 aliphatic rings. The lowest BCUT2D eigenvalue weighted by Crippen LogP contribution is -2.18. The van der Waals surface area contributed by atoms with Crippen LogP contribution >= 0.6 is 0 Å². The van der Waals surface area contributed by atoms with Crippen molar-refractivity contribution < 1.29 is 0 Å². The first-order valence-corrected chi connectivity index (χ1v) is 5.89. The maximum absolute atomic E-state index is 4.81. The van der Waals surface area contributed by atoms with E-state index in [0.717, 1.165) is 19.5 Å². The zero-order valence-corrected chi connectivity index (χ0v) is 9.88. The Bertz CT molecular complexity index is 344. The first-order chi connectivity index (χ1) is 7.18. The van der Waals surface area contributed by atoms with Crippen molar-refractivity contribution in [1.82, 2.24) is 10.3 Å². The summed E-state index contributed by atoms with van der Waals surface area (Å²) in [5.41, 5.74) is 3.96. The van der Waals surface area contributed by atoms with Gasteiger partial charge in [0.15, 0.2) is 0 Å². The molecule has 1 atom stereocenters. The van der Waals surface area contributed by atoms with Gasteiger partial charge in [0.1, 0.15) is 0 Å². The summed E-state index contributed by atoms with van der Waals surface area (Å²) in [7, 11) is 0. The fourth-order valence-corrected chi connectivity index (χ4v) is 2.12. The van der Waals surface area contributed by atoms with E-state index >= 15 is 0 Å². The topological polar surface area (TPSA) is 24.9 Å². The molecule has 82 valence electrons. The predicted octanol–water partition coefficient (Wildman–Crippen LogP) is 2.45. The van der Waals surface area contributed by atoms with Gasteiger partial charge in [0, 0.05) is 23.9 Å². The normalized spacial score (nSPS) is 21.2. The molecule has 0 fully saturated rings. The molecule has 1 aromatic heterocycles. The Labute approximate surface area is 92.1 Å². The SMILES string of the molecule is CC(C)c1ccc2c(n1)C(C)CNCC2.